The summed E-state index contributed by atoms with van der Waals surface area (Å²) in [6.45, 7) is 4.64. The third kappa shape index (κ3) is 4.76. The summed E-state index contributed by atoms with van der Waals surface area (Å²) in [6.07, 6.45) is 3.38. The fourth-order valence-electron chi connectivity index (χ4n) is 3.32. The van der Waals surface area contributed by atoms with Crippen molar-refractivity contribution in [3.8, 4) is 0 Å². The van der Waals surface area contributed by atoms with Gasteiger partial charge >= 0.3 is 6.03 Å². The van der Waals surface area contributed by atoms with E-state index < -0.39 is 0 Å². The summed E-state index contributed by atoms with van der Waals surface area (Å²) in [7, 11) is 0. The number of anilines is 1. The van der Waals surface area contributed by atoms with E-state index in [4.69, 9.17) is 27.9 Å². The summed E-state index contributed by atoms with van der Waals surface area (Å²) >= 11 is 11.8. The maximum atomic E-state index is 12.0. The Labute approximate surface area is 152 Å². The smallest absolute Gasteiger partial charge is 0.319 e. The van der Waals surface area contributed by atoms with E-state index in [9.17, 15) is 4.79 Å². The van der Waals surface area contributed by atoms with Crippen LogP contribution in [0.1, 0.15) is 19.3 Å². The second kappa shape index (κ2) is 8.39. The number of piperidine rings is 1. The van der Waals surface area contributed by atoms with Gasteiger partial charge in [0.25, 0.3) is 0 Å². The van der Waals surface area contributed by atoms with Crippen molar-refractivity contribution in [2.24, 2.45) is 5.92 Å². The van der Waals surface area contributed by atoms with Crippen molar-refractivity contribution in [1.29, 1.82) is 0 Å². The number of urea groups is 1. The standard InChI is InChI=1S/C17H23Cl2N3O2/c18-15-2-1-13(9-16(15)19)21-17(23)20-10-12-3-6-22(7-4-12)14-5-8-24-11-14/h1-2,9,12,14H,3-8,10-11H2,(H2,20,21,23). The summed E-state index contributed by atoms with van der Waals surface area (Å²) in [5.74, 6) is 0.531. The molecule has 0 spiro atoms. The third-order valence-electron chi connectivity index (χ3n) is 4.80. The second-order valence-electron chi connectivity index (χ2n) is 6.46. The molecule has 2 amide bonds. The molecule has 2 fully saturated rings. The Bertz CT molecular complexity index is 571. The van der Waals surface area contributed by atoms with Crippen LogP contribution >= 0.6 is 23.2 Å². The molecule has 24 heavy (non-hydrogen) atoms. The molecule has 1 aromatic rings. The second-order valence-corrected chi connectivity index (χ2v) is 7.28. The Morgan fingerprint density at radius 2 is 2.00 bits per heavy atom. The lowest BCUT2D eigenvalue weighted by Crippen LogP contribution is -2.44. The SMILES string of the molecule is O=C(NCC1CCN(C2CCOC2)CC1)Nc1ccc(Cl)c(Cl)c1. The number of nitrogens with one attached hydrogen (secondary N) is 2. The van der Waals surface area contributed by atoms with Crippen LogP contribution in [-0.4, -0.2) is 49.8 Å². The van der Waals surface area contributed by atoms with Crippen LogP contribution in [0, 0.1) is 5.92 Å². The van der Waals surface area contributed by atoms with E-state index in [1.165, 1.54) is 0 Å². The highest BCUT2D eigenvalue weighted by molar-refractivity contribution is 6.42. The Morgan fingerprint density at radius 3 is 2.67 bits per heavy atom. The number of benzene rings is 1. The van der Waals surface area contributed by atoms with Crippen LogP contribution in [0.2, 0.25) is 10.0 Å². The van der Waals surface area contributed by atoms with Gasteiger partial charge in [-0.3, -0.25) is 4.90 Å². The number of carbonyl (C=O) groups excluding carboxylic acids is 1. The number of carbonyl (C=O) groups is 1. The van der Waals surface area contributed by atoms with Crippen LogP contribution < -0.4 is 10.6 Å². The van der Waals surface area contributed by atoms with E-state index in [-0.39, 0.29) is 6.03 Å². The third-order valence-corrected chi connectivity index (χ3v) is 5.54. The fraction of sp³-hybridized carbons (Fsp3) is 0.588. The molecule has 2 aliphatic heterocycles. The maximum absolute atomic E-state index is 12.0. The van der Waals surface area contributed by atoms with E-state index in [2.05, 4.69) is 15.5 Å². The highest BCUT2D eigenvalue weighted by Gasteiger charge is 2.27. The Kier molecular flexibility index (Phi) is 6.22. The average Bonchev–Trinajstić information content (AvgIpc) is 3.11. The molecule has 5 nitrogen and oxygen atoms in total. The molecule has 2 saturated heterocycles. The normalized spacial score (nSPS) is 22.5. The van der Waals surface area contributed by atoms with Crippen molar-refractivity contribution in [2.75, 3.05) is 38.2 Å². The monoisotopic (exact) mass is 371 g/mol. The first-order valence-corrected chi connectivity index (χ1v) is 9.19. The number of rotatable bonds is 4. The number of ether oxygens (including phenoxy) is 1. The highest BCUT2D eigenvalue weighted by atomic mass is 35.5. The Hall–Kier alpha value is -1.01. The molecule has 1 unspecified atom stereocenters. The Balaban J connectivity index is 1.38. The van der Waals surface area contributed by atoms with E-state index in [0.717, 1.165) is 45.6 Å². The van der Waals surface area contributed by atoms with Crippen LogP contribution in [-0.2, 0) is 4.74 Å². The van der Waals surface area contributed by atoms with Gasteiger partial charge in [-0.15, -0.1) is 0 Å². The minimum Gasteiger partial charge on any atom is -0.380 e. The van der Waals surface area contributed by atoms with Gasteiger partial charge in [-0.05, 0) is 56.5 Å². The molecule has 7 heteroatoms. The number of hydrogen-bond donors (Lipinski definition) is 2. The van der Waals surface area contributed by atoms with Crippen LogP contribution in [0.4, 0.5) is 10.5 Å². The molecule has 0 saturated carbocycles. The summed E-state index contributed by atoms with van der Waals surface area (Å²) in [5, 5.41) is 6.64. The van der Waals surface area contributed by atoms with Gasteiger partial charge < -0.3 is 15.4 Å². The largest absolute Gasteiger partial charge is 0.380 e. The van der Waals surface area contributed by atoms with Crippen LogP contribution in [0.25, 0.3) is 0 Å². The molecule has 1 atom stereocenters. The molecule has 132 valence electrons. The van der Waals surface area contributed by atoms with Crippen molar-refractivity contribution in [3.63, 3.8) is 0 Å². The van der Waals surface area contributed by atoms with Gasteiger partial charge in [-0.25, -0.2) is 4.79 Å². The van der Waals surface area contributed by atoms with Gasteiger partial charge in [0, 0.05) is 24.9 Å². The predicted octanol–water partition coefficient (Wildman–Crippen LogP) is 3.62. The van der Waals surface area contributed by atoms with Crippen LogP contribution in [0.15, 0.2) is 18.2 Å². The van der Waals surface area contributed by atoms with E-state index in [0.29, 0.717) is 34.2 Å². The molecule has 3 rings (SSSR count). The van der Waals surface area contributed by atoms with Crippen molar-refractivity contribution in [1.82, 2.24) is 10.2 Å². The molecule has 2 N–H and O–H groups in total. The van der Waals surface area contributed by atoms with Gasteiger partial charge in [-0.1, -0.05) is 23.2 Å². The van der Waals surface area contributed by atoms with E-state index >= 15 is 0 Å². The highest BCUT2D eigenvalue weighted by Crippen LogP contribution is 2.25. The zero-order valence-corrected chi connectivity index (χ0v) is 15.1. The summed E-state index contributed by atoms with van der Waals surface area (Å²) in [4.78, 5) is 14.5. The van der Waals surface area contributed by atoms with Gasteiger partial charge in [0.2, 0.25) is 0 Å². The van der Waals surface area contributed by atoms with Crippen molar-refractivity contribution in [2.45, 2.75) is 25.3 Å². The van der Waals surface area contributed by atoms with E-state index in [1.54, 1.807) is 18.2 Å². The molecular formula is C17H23Cl2N3O2. The molecular weight excluding hydrogens is 349 g/mol. The first kappa shape index (κ1) is 17.8. The summed E-state index contributed by atoms with van der Waals surface area (Å²) in [6, 6.07) is 5.43. The summed E-state index contributed by atoms with van der Waals surface area (Å²) < 4.78 is 5.46. The number of likely N-dealkylation sites (tertiary alicyclic amines) is 1. The molecule has 2 aliphatic rings. The topological polar surface area (TPSA) is 53.6 Å². The molecule has 0 bridgehead atoms. The lowest BCUT2D eigenvalue weighted by molar-refractivity contribution is 0.110. The molecule has 0 aromatic heterocycles. The fourth-order valence-corrected chi connectivity index (χ4v) is 3.62. The number of amides is 2. The minimum atomic E-state index is -0.208. The van der Waals surface area contributed by atoms with Gasteiger partial charge in [0.15, 0.2) is 0 Å². The quantitative estimate of drug-likeness (QED) is 0.849. The zero-order valence-electron chi connectivity index (χ0n) is 13.6. The average molecular weight is 372 g/mol. The first-order chi connectivity index (χ1) is 11.6. The Morgan fingerprint density at radius 1 is 1.21 bits per heavy atom. The van der Waals surface area contributed by atoms with Crippen molar-refractivity contribution >= 4 is 34.9 Å². The van der Waals surface area contributed by atoms with Gasteiger partial charge in [0.1, 0.15) is 0 Å². The lowest BCUT2D eigenvalue weighted by Gasteiger charge is -2.35. The van der Waals surface area contributed by atoms with Crippen molar-refractivity contribution in [3.05, 3.63) is 28.2 Å². The van der Waals surface area contributed by atoms with Crippen molar-refractivity contribution < 1.29 is 9.53 Å². The number of nitrogens with zero attached hydrogens (tertiary/aromatic N) is 1. The predicted molar refractivity (Wildman–Crippen MR) is 97.0 cm³/mol. The lowest BCUT2D eigenvalue weighted by atomic mass is 9.95. The molecule has 0 aliphatic carbocycles. The maximum Gasteiger partial charge on any atom is 0.319 e. The van der Waals surface area contributed by atoms with Gasteiger partial charge in [0.05, 0.1) is 16.7 Å². The molecule has 1 aromatic carbocycles. The van der Waals surface area contributed by atoms with Crippen LogP contribution in [0.3, 0.4) is 0 Å². The number of halogens is 2. The van der Waals surface area contributed by atoms with Crippen LogP contribution in [0.5, 0.6) is 0 Å². The minimum absolute atomic E-state index is 0.208. The van der Waals surface area contributed by atoms with E-state index in [1.807, 2.05) is 0 Å². The van der Waals surface area contributed by atoms with Gasteiger partial charge in [-0.2, -0.15) is 0 Å². The molecule has 2 heterocycles. The summed E-state index contributed by atoms with van der Waals surface area (Å²) in [5.41, 5.74) is 0.637. The first-order valence-electron chi connectivity index (χ1n) is 8.43. The number of hydrogen-bond acceptors (Lipinski definition) is 3. The molecule has 0 radical (unpaired) electrons. The zero-order chi connectivity index (χ0) is 16.9.